The van der Waals surface area contributed by atoms with Crippen molar-refractivity contribution in [2.45, 2.75) is 44.7 Å². The van der Waals surface area contributed by atoms with Crippen LogP contribution < -0.4 is 20.1 Å². The fourth-order valence-electron chi connectivity index (χ4n) is 6.71. The minimum Gasteiger partial charge on any atom is -0.496 e. The smallest absolute Gasteiger partial charge is 0.258 e. The monoisotopic (exact) mass is 720 g/mol. The molecule has 6 rings (SSSR count). The van der Waals surface area contributed by atoms with Crippen LogP contribution in [0.25, 0.3) is 12.2 Å². The van der Waals surface area contributed by atoms with Gasteiger partial charge in [-0.15, -0.1) is 0 Å². The largest absolute Gasteiger partial charge is 0.496 e. The van der Waals surface area contributed by atoms with E-state index < -0.39 is 12.1 Å². The van der Waals surface area contributed by atoms with Gasteiger partial charge >= 0.3 is 0 Å². The van der Waals surface area contributed by atoms with Crippen molar-refractivity contribution >= 4 is 58.8 Å². The number of nitrogens with zero attached hydrogens (tertiary/aromatic N) is 2. The first kappa shape index (κ1) is 36.2. The molecule has 2 fully saturated rings. The third kappa shape index (κ3) is 8.13. The van der Waals surface area contributed by atoms with E-state index in [4.69, 9.17) is 21.1 Å². The van der Waals surface area contributed by atoms with Gasteiger partial charge in [0.15, 0.2) is 0 Å². The molecule has 2 heterocycles. The van der Waals surface area contributed by atoms with Crippen molar-refractivity contribution in [3.8, 4) is 11.5 Å². The van der Waals surface area contributed by atoms with Crippen LogP contribution in [0.1, 0.15) is 63.1 Å². The van der Waals surface area contributed by atoms with Gasteiger partial charge < -0.3 is 29.9 Å². The number of carbonyl (C=O) groups is 4. The summed E-state index contributed by atoms with van der Waals surface area (Å²) in [7, 11) is 3.03. The Morgan fingerprint density at radius 3 is 1.56 bits per heavy atom. The molecule has 10 nitrogen and oxygen atoms in total. The Hall–Kier alpha value is -5.61. The molecule has 0 aromatic heterocycles. The molecule has 0 unspecified atom stereocenters. The maximum atomic E-state index is 13.4. The zero-order chi connectivity index (χ0) is 36.8. The molecule has 0 spiro atoms. The van der Waals surface area contributed by atoms with Crippen molar-refractivity contribution in [3.05, 3.63) is 118 Å². The molecule has 2 aliphatic heterocycles. The van der Waals surface area contributed by atoms with Crippen LogP contribution in [0.15, 0.2) is 84.9 Å². The van der Waals surface area contributed by atoms with Gasteiger partial charge in [0.25, 0.3) is 11.8 Å². The summed E-state index contributed by atoms with van der Waals surface area (Å²) in [6.07, 6.45) is 6.53. The minimum atomic E-state index is -0.606. The molecule has 11 heteroatoms. The highest BCUT2D eigenvalue weighted by molar-refractivity contribution is 6.31. The predicted molar refractivity (Wildman–Crippen MR) is 203 cm³/mol. The van der Waals surface area contributed by atoms with E-state index in [0.29, 0.717) is 71.4 Å². The Balaban J connectivity index is 1.03. The molecule has 52 heavy (non-hydrogen) atoms. The van der Waals surface area contributed by atoms with Crippen LogP contribution in [0, 0.1) is 6.92 Å². The highest BCUT2D eigenvalue weighted by Gasteiger charge is 2.37. The van der Waals surface area contributed by atoms with Crippen LogP contribution in [0.3, 0.4) is 0 Å². The molecule has 0 aliphatic carbocycles. The number of halogens is 1. The van der Waals surface area contributed by atoms with Crippen molar-refractivity contribution < 1.29 is 28.7 Å². The van der Waals surface area contributed by atoms with Crippen molar-refractivity contribution in [3.63, 3.8) is 0 Å². The molecule has 0 saturated carbocycles. The van der Waals surface area contributed by atoms with E-state index in [2.05, 4.69) is 10.6 Å². The number of hydrogen-bond acceptors (Lipinski definition) is 6. The quantitative estimate of drug-likeness (QED) is 0.166. The van der Waals surface area contributed by atoms with E-state index in [1.165, 1.54) is 14.2 Å². The zero-order valence-corrected chi connectivity index (χ0v) is 30.1. The zero-order valence-electron chi connectivity index (χ0n) is 29.4. The number of aryl methyl sites for hydroxylation is 1. The third-order valence-corrected chi connectivity index (χ3v) is 9.67. The van der Waals surface area contributed by atoms with Crippen molar-refractivity contribution in [2.24, 2.45) is 0 Å². The van der Waals surface area contributed by atoms with Crippen molar-refractivity contribution in [1.82, 2.24) is 9.80 Å². The van der Waals surface area contributed by atoms with E-state index in [-0.39, 0.29) is 23.6 Å². The molecule has 268 valence electrons. The summed E-state index contributed by atoms with van der Waals surface area (Å²) >= 11 is 6.14. The summed E-state index contributed by atoms with van der Waals surface area (Å²) in [5.41, 5.74) is 4.86. The van der Waals surface area contributed by atoms with Crippen molar-refractivity contribution in [1.29, 1.82) is 0 Å². The number of anilines is 2. The second kappa shape index (κ2) is 16.2. The van der Waals surface area contributed by atoms with Crippen molar-refractivity contribution in [2.75, 3.05) is 37.9 Å². The molecular formula is C41H41ClN4O6. The molecule has 4 aromatic rings. The van der Waals surface area contributed by atoms with Crippen LogP contribution in [-0.4, -0.2) is 72.8 Å². The molecule has 4 amide bonds. The van der Waals surface area contributed by atoms with Gasteiger partial charge in [-0.1, -0.05) is 59.6 Å². The summed E-state index contributed by atoms with van der Waals surface area (Å²) in [6, 6.07) is 24.1. The summed E-state index contributed by atoms with van der Waals surface area (Å²) in [5.74, 6) is -0.0704. The molecule has 0 radical (unpaired) electrons. The van der Waals surface area contributed by atoms with Crippen LogP contribution in [-0.2, 0) is 9.59 Å². The van der Waals surface area contributed by atoms with Gasteiger partial charge in [0.2, 0.25) is 11.8 Å². The molecule has 2 saturated heterocycles. The fourth-order valence-corrected chi connectivity index (χ4v) is 6.88. The molecular weight excluding hydrogens is 680 g/mol. The predicted octanol–water partition coefficient (Wildman–Crippen LogP) is 7.32. The highest BCUT2D eigenvalue weighted by atomic mass is 35.5. The average molecular weight is 721 g/mol. The second-order valence-electron chi connectivity index (χ2n) is 12.9. The number of amides is 4. The Labute approximate surface area is 308 Å². The Morgan fingerprint density at radius 2 is 1.10 bits per heavy atom. The average Bonchev–Trinajstić information content (AvgIpc) is 3.86. The van der Waals surface area contributed by atoms with E-state index in [1.54, 1.807) is 40.1 Å². The number of carbonyl (C=O) groups excluding carboxylic acids is 4. The first-order chi connectivity index (χ1) is 25.1. The second-order valence-corrected chi connectivity index (χ2v) is 13.4. The van der Waals surface area contributed by atoms with Crippen LogP contribution in [0.4, 0.5) is 11.4 Å². The maximum absolute atomic E-state index is 13.4. The van der Waals surface area contributed by atoms with Gasteiger partial charge in [-0.25, -0.2) is 0 Å². The van der Waals surface area contributed by atoms with E-state index in [0.717, 1.165) is 23.1 Å². The number of hydrogen-bond donors (Lipinski definition) is 2. The van der Waals surface area contributed by atoms with Gasteiger partial charge in [-0.3, -0.25) is 19.2 Å². The molecule has 2 N–H and O–H groups in total. The highest BCUT2D eigenvalue weighted by Crippen LogP contribution is 2.29. The minimum absolute atomic E-state index is 0.211. The van der Waals surface area contributed by atoms with E-state index >= 15 is 0 Å². The summed E-state index contributed by atoms with van der Waals surface area (Å²) in [4.78, 5) is 56.5. The van der Waals surface area contributed by atoms with Crippen LogP contribution >= 0.6 is 11.6 Å². The first-order valence-electron chi connectivity index (χ1n) is 17.2. The van der Waals surface area contributed by atoms with Crippen LogP contribution in [0.5, 0.6) is 11.5 Å². The SMILES string of the molecule is COc1ccc(C)cc1C(=O)N1CCC[C@H]1C(=O)Nc1ccc(/C=C/c2ccc(NC(=O)[C@@H]3CCCN3C(=O)c3cc(Cl)ccc3OC)cc2)cc1. The standard InChI is InChI=1S/C41H41ClN4O6/c1-26-8-20-36(51-2)32(24-26)40(49)45-22-4-6-34(45)38(47)43-30-16-11-27(12-17-30)9-10-28-13-18-31(19-14-28)44-39(48)35-7-5-23-46(35)41(50)33-25-29(42)15-21-37(33)52-3/h8-21,24-25,34-35H,4-7,22-23H2,1-3H3,(H,43,47)(H,44,48)/b10-9+/t34-,35-/m0/s1. The third-order valence-electron chi connectivity index (χ3n) is 9.43. The lowest BCUT2D eigenvalue weighted by molar-refractivity contribution is -0.120. The molecule has 2 atom stereocenters. The number of methoxy groups -OCH3 is 2. The van der Waals surface area contributed by atoms with E-state index in [1.807, 2.05) is 73.7 Å². The Morgan fingerprint density at radius 1 is 0.654 bits per heavy atom. The maximum Gasteiger partial charge on any atom is 0.258 e. The van der Waals surface area contributed by atoms with Gasteiger partial charge in [-0.2, -0.15) is 0 Å². The number of likely N-dealkylation sites (tertiary alicyclic amines) is 2. The number of rotatable bonds is 10. The fraction of sp³-hybridized carbons (Fsp3) is 0.268. The Bertz CT molecular complexity index is 1850. The lowest BCUT2D eigenvalue weighted by Crippen LogP contribution is -2.43. The summed E-state index contributed by atoms with van der Waals surface area (Å²) in [5, 5.41) is 6.34. The van der Waals surface area contributed by atoms with E-state index in [9.17, 15) is 19.2 Å². The van der Waals surface area contributed by atoms with Gasteiger partial charge in [0.1, 0.15) is 23.6 Å². The lowest BCUT2D eigenvalue weighted by atomic mass is 10.1. The number of nitrogens with one attached hydrogen (secondary N) is 2. The van der Waals surface area contributed by atoms with Crippen LogP contribution in [0.2, 0.25) is 5.02 Å². The number of ether oxygens (including phenoxy) is 2. The lowest BCUT2D eigenvalue weighted by Gasteiger charge is -2.25. The van der Waals surface area contributed by atoms with Gasteiger partial charge in [0.05, 0.1) is 25.3 Å². The number of benzene rings is 4. The molecule has 0 bridgehead atoms. The Kier molecular flexibility index (Phi) is 11.2. The molecule has 4 aromatic carbocycles. The summed E-state index contributed by atoms with van der Waals surface area (Å²) in [6.45, 7) is 2.89. The van der Waals surface area contributed by atoms with Gasteiger partial charge in [-0.05, 0) is 98.3 Å². The summed E-state index contributed by atoms with van der Waals surface area (Å²) < 4.78 is 10.8. The first-order valence-corrected chi connectivity index (χ1v) is 17.6. The van der Waals surface area contributed by atoms with Gasteiger partial charge in [0, 0.05) is 29.5 Å². The molecule has 2 aliphatic rings. The normalized spacial score (nSPS) is 16.9. The topological polar surface area (TPSA) is 117 Å².